The van der Waals surface area contributed by atoms with Gasteiger partial charge < -0.3 is 10.1 Å². The number of hydrogen-bond acceptors (Lipinski definition) is 2. The van der Waals surface area contributed by atoms with Gasteiger partial charge in [-0.05, 0) is 35.9 Å². The number of carbonyl (C=O) groups is 1. The summed E-state index contributed by atoms with van der Waals surface area (Å²) in [7, 11) is 1.60. The molecular formula is C15H13Cl2NO2. The zero-order chi connectivity index (χ0) is 14.5. The molecule has 0 aliphatic heterocycles. The van der Waals surface area contributed by atoms with Gasteiger partial charge in [-0.3, -0.25) is 4.79 Å². The molecule has 0 saturated heterocycles. The largest absolute Gasteiger partial charge is 0.497 e. The Morgan fingerprint density at radius 2 is 2.00 bits per heavy atom. The minimum absolute atomic E-state index is 0.241. The van der Waals surface area contributed by atoms with Crippen molar-refractivity contribution >= 4 is 29.1 Å². The van der Waals surface area contributed by atoms with E-state index in [9.17, 15) is 4.79 Å². The molecule has 2 rings (SSSR count). The number of carbonyl (C=O) groups excluding carboxylic acids is 1. The first-order chi connectivity index (χ1) is 9.60. The SMILES string of the molecule is COc1cccc(CNC(=O)c2ccc(Cl)cc2Cl)c1. The molecule has 0 atom stereocenters. The van der Waals surface area contributed by atoms with Gasteiger partial charge in [-0.15, -0.1) is 0 Å². The molecule has 0 spiro atoms. The minimum Gasteiger partial charge on any atom is -0.497 e. The molecular weight excluding hydrogens is 297 g/mol. The van der Waals surface area contributed by atoms with Crippen molar-refractivity contribution in [2.45, 2.75) is 6.54 Å². The standard InChI is InChI=1S/C15H13Cl2NO2/c1-20-12-4-2-3-10(7-12)9-18-15(19)13-6-5-11(16)8-14(13)17/h2-8H,9H2,1H3,(H,18,19). The lowest BCUT2D eigenvalue weighted by Crippen LogP contribution is -2.23. The molecule has 0 aliphatic carbocycles. The fraction of sp³-hybridized carbons (Fsp3) is 0.133. The Labute approximate surface area is 127 Å². The molecule has 0 unspecified atom stereocenters. The summed E-state index contributed by atoms with van der Waals surface area (Å²) in [6, 6.07) is 12.3. The summed E-state index contributed by atoms with van der Waals surface area (Å²) < 4.78 is 5.13. The van der Waals surface area contributed by atoms with E-state index in [1.807, 2.05) is 24.3 Å². The van der Waals surface area contributed by atoms with Crippen molar-refractivity contribution < 1.29 is 9.53 Å². The molecule has 0 aliphatic rings. The van der Waals surface area contributed by atoms with Gasteiger partial charge in [-0.1, -0.05) is 35.3 Å². The molecule has 2 aromatic carbocycles. The van der Waals surface area contributed by atoms with Gasteiger partial charge in [0.15, 0.2) is 0 Å². The van der Waals surface area contributed by atoms with Gasteiger partial charge in [0.2, 0.25) is 0 Å². The van der Waals surface area contributed by atoms with Gasteiger partial charge >= 0.3 is 0 Å². The number of benzene rings is 2. The summed E-state index contributed by atoms with van der Waals surface area (Å²) in [5.41, 5.74) is 1.35. The van der Waals surface area contributed by atoms with Crippen LogP contribution < -0.4 is 10.1 Å². The second-order valence-corrected chi connectivity index (χ2v) is 5.00. The van der Waals surface area contributed by atoms with E-state index in [0.29, 0.717) is 22.2 Å². The predicted molar refractivity (Wildman–Crippen MR) is 80.6 cm³/mol. The molecule has 1 amide bonds. The lowest BCUT2D eigenvalue weighted by Gasteiger charge is -2.08. The third kappa shape index (κ3) is 3.65. The maximum atomic E-state index is 12.0. The van der Waals surface area contributed by atoms with Crippen LogP contribution in [0.25, 0.3) is 0 Å². The van der Waals surface area contributed by atoms with Crippen LogP contribution in [-0.4, -0.2) is 13.0 Å². The highest BCUT2D eigenvalue weighted by atomic mass is 35.5. The Balaban J connectivity index is 2.04. The quantitative estimate of drug-likeness (QED) is 0.929. The zero-order valence-corrected chi connectivity index (χ0v) is 12.3. The van der Waals surface area contributed by atoms with E-state index >= 15 is 0 Å². The van der Waals surface area contributed by atoms with Crippen molar-refractivity contribution in [3.63, 3.8) is 0 Å². The molecule has 1 N–H and O–H groups in total. The summed E-state index contributed by atoms with van der Waals surface area (Å²) in [5, 5.41) is 3.64. The van der Waals surface area contributed by atoms with Crippen molar-refractivity contribution in [1.82, 2.24) is 5.32 Å². The smallest absolute Gasteiger partial charge is 0.253 e. The number of methoxy groups -OCH3 is 1. The van der Waals surface area contributed by atoms with E-state index < -0.39 is 0 Å². The maximum Gasteiger partial charge on any atom is 0.253 e. The van der Waals surface area contributed by atoms with Crippen LogP contribution in [0.2, 0.25) is 10.0 Å². The third-order valence-electron chi connectivity index (χ3n) is 2.76. The van der Waals surface area contributed by atoms with E-state index in [2.05, 4.69) is 5.32 Å². The molecule has 0 fully saturated rings. The monoisotopic (exact) mass is 309 g/mol. The second-order valence-electron chi connectivity index (χ2n) is 4.16. The summed E-state index contributed by atoms with van der Waals surface area (Å²) in [4.78, 5) is 12.0. The highest BCUT2D eigenvalue weighted by Crippen LogP contribution is 2.21. The third-order valence-corrected chi connectivity index (χ3v) is 3.31. The number of nitrogens with one attached hydrogen (secondary N) is 1. The van der Waals surface area contributed by atoms with Crippen molar-refractivity contribution in [2.75, 3.05) is 7.11 Å². The van der Waals surface area contributed by atoms with Crippen molar-refractivity contribution in [2.24, 2.45) is 0 Å². The van der Waals surface area contributed by atoms with Crippen molar-refractivity contribution in [1.29, 1.82) is 0 Å². The van der Waals surface area contributed by atoms with E-state index in [1.165, 1.54) is 0 Å². The van der Waals surface area contributed by atoms with Gasteiger partial charge in [0.25, 0.3) is 5.91 Å². The fourth-order valence-corrected chi connectivity index (χ4v) is 2.23. The first-order valence-electron chi connectivity index (χ1n) is 5.96. The van der Waals surface area contributed by atoms with Crippen LogP contribution in [0.4, 0.5) is 0 Å². The predicted octanol–water partition coefficient (Wildman–Crippen LogP) is 3.93. The zero-order valence-electron chi connectivity index (χ0n) is 10.8. The van der Waals surface area contributed by atoms with Gasteiger partial charge in [-0.25, -0.2) is 0 Å². The van der Waals surface area contributed by atoms with E-state index in [-0.39, 0.29) is 5.91 Å². The highest BCUT2D eigenvalue weighted by molar-refractivity contribution is 6.36. The fourth-order valence-electron chi connectivity index (χ4n) is 1.73. The summed E-state index contributed by atoms with van der Waals surface area (Å²) in [6.07, 6.45) is 0. The maximum absolute atomic E-state index is 12.0. The summed E-state index contributed by atoms with van der Waals surface area (Å²) in [6.45, 7) is 0.398. The van der Waals surface area contributed by atoms with Gasteiger partial charge in [-0.2, -0.15) is 0 Å². The number of ether oxygens (including phenoxy) is 1. The van der Waals surface area contributed by atoms with Gasteiger partial charge in [0.1, 0.15) is 5.75 Å². The van der Waals surface area contributed by atoms with Crippen LogP contribution in [0.3, 0.4) is 0 Å². The Kier molecular flexibility index (Phi) is 4.88. The number of halogens is 2. The van der Waals surface area contributed by atoms with Gasteiger partial charge in [0.05, 0.1) is 17.7 Å². The lowest BCUT2D eigenvalue weighted by molar-refractivity contribution is 0.0951. The first-order valence-corrected chi connectivity index (χ1v) is 6.72. The molecule has 0 radical (unpaired) electrons. The molecule has 20 heavy (non-hydrogen) atoms. The van der Waals surface area contributed by atoms with E-state index in [1.54, 1.807) is 25.3 Å². The second kappa shape index (κ2) is 6.64. The number of amides is 1. The van der Waals surface area contributed by atoms with Crippen LogP contribution in [-0.2, 0) is 6.54 Å². The van der Waals surface area contributed by atoms with Crippen LogP contribution in [0.5, 0.6) is 5.75 Å². The molecule has 104 valence electrons. The van der Waals surface area contributed by atoms with Crippen LogP contribution in [0.15, 0.2) is 42.5 Å². The molecule has 0 bridgehead atoms. The normalized spacial score (nSPS) is 10.2. The summed E-state index contributed by atoms with van der Waals surface area (Å²) >= 11 is 11.8. The van der Waals surface area contributed by atoms with Crippen LogP contribution >= 0.6 is 23.2 Å². The number of rotatable bonds is 4. The van der Waals surface area contributed by atoms with Crippen LogP contribution in [0, 0.1) is 0 Å². The van der Waals surface area contributed by atoms with Crippen molar-refractivity contribution in [3.05, 3.63) is 63.6 Å². The average molecular weight is 310 g/mol. The Morgan fingerprint density at radius 1 is 1.20 bits per heavy atom. The van der Waals surface area contributed by atoms with E-state index in [0.717, 1.165) is 11.3 Å². The molecule has 2 aromatic rings. The van der Waals surface area contributed by atoms with Crippen molar-refractivity contribution in [3.8, 4) is 5.75 Å². The van der Waals surface area contributed by atoms with E-state index in [4.69, 9.17) is 27.9 Å². The Morgan fingerprint density at radius 3 is 2.70 bits per heavy atom. The molecule has 5 heteroatoms. The minimum atomic E-state index is -0.241. The number of hydrogen-bond donors (Lipinski definition) is 1. The highest BCUT2D eigenvalue weighted by Gasteiger charge is 2.10. The first kappa shape index (κ1) is 14.7. The molecule has 3 nitrogen and oxygen atoms in total. The summed E-state index contributed by atoms with van der Waals surface area (Å²) in [5.74, 6) is 0.510. The molecule has 0 saturated carbocycles. The lowest BCUT2D eigenvalue weighted by atomic mass is 10.2. The average Bonchev–Trinajstić information content (AvgIpc) is 2.45. The molecule has 0 heterocycles. The Bertz CT molecular complexity index is 629. The van der Waals surface area contributed by atoms with Crippen LogP contribution in [0.1, 0.15) is 15.9 Å². The topological polar surface area (TPSA) is 38.3 Å². The van der Waals surface area contributed by atoms with Gasteiger partial charge in [0, 0.05) is 11.6 Å². The molecule has 0 aromatic heterocycles. The Hall–Kier alpha value is -1.71.